The van der Waals surface area contributed by atoms with Crippen molar-refractivity contribution in [1.29, 1.82) is 0 Å². The van der Waals surface area contributed by atoms with E-state index in [9.17, 15) is 9.90 Å². The molecule has 0 saturated carbocycles. The normalized spacial score (nSPS) is 11.0. The Hall–Kier alpha value is -1.25. The van der Waals surface area contributed by atoms with Crippen molar-refractivity contribution >= 4 is 55.3 Å². The van der Waals surface area contributed by atoms with Gasteiger partial charge in [-0.3, -0.25) is 4.79 Å². The van der Waals surface area contributed by atoms with Crippen LogP contribution in [0.15, 0.2) is 26.2 Å². The lowest BCUT2D eigenvalue weighted by molar-refractivity contribution is 0.0958. The van der Waals surface area contributed by atoms with E-state index in [2.05, 4.69) is 47.4 Å². The van der Waals surface area contributed by atoms with Gasteiger partial charge in [-0.25, -0.2) is 10.4 Å². The molecule has 2 rings (SSSR count). The highest BCUT2D eigenvalue weighted by Gasteiger charge is 2.13. The van der Waals surface area contributed by atoms with E-state index in [1.54, 1.807) is 19.1 Å². The van der Waals surface area contributed by atoms with Crippen molar-refractivity contribution in [2.75, 3.05) is 0 Å². The molecule has 0 atom stereocenters. The van der Waals surface area contributed by atoms with E-state index in [1.807, 2.05) is 6.92 Å². The molecule has 0 bridgehead atoms. The Morgan fingerprint density at radius 3 is 2.76 bits per heavy atom. The van der Waals surface area contributed by atoms with Crippen LogP contribution >= 0.6 is 43.2 Å². The molecule has 110 valence electrons. The fourth-order valence-electron chi connectivity index (χ4n) is 1.64. The molecule has 1 heterocycles. The molecular weight excluding hydrogens is 422 g/mol. The van der Waals surface area contributed by atoms with Crippen LogP contribution < -0.4 is 5.43 Å². The summed E-state index contributed by atoms with van der Waals surface area (Å²) in [6.45, 7) is 3.62. The Bertz CT molecular complexity index is 728. The average molecular weight is 433 g/mol. The second kappa shape index (κ2) is 6.67. The molecule has 2 aromatic rings. The predicted octanol–water partition coefficient (Wildman–Crippen LogP) is 3.75. The van der Waals surface area contributed by atoms with E-state index >= 15 is 0 Å². The highest BCUT2D eigenvalue weighted by molar-refractivity contribution is 9.11. The van der Waals surface area contributed by atoms with E-state index in [4.69, 9.17) is 0 Å². The highest BCUT2D eigenvalue weighted by Crippen LogP contribution is 2.30. The number of carbonyl (C=O) groups excluding carboxylic acids is 1. The first kappa shape index (κ1) is 16.1. The molecule has 21 heavy (non-hydrogen) atoms. The first-order chi connectivity index (χ1) is 9.88. The number of aryl methyl sites for hydroxylation is 2. The summed E-state index contributed by atoms with van der Waals surface area (Å²) in [6.07, 6.45) is 1.38. The standard InChI is InChI=1S/C13H11Br2N3O2S/c1-6-12(21-7(2)17-6)13(20)18-16-5-8-3-9(14)4-10(15)11(8)19/h3-5,19H,1-2H3,(H,18,20). The van der Waals surface area contributed by atoms with Crippen LogP contribution in [-0.4, -0.2) is 22.2 Å². The third-order valence-corrected chi connectivity index (χ3v) is 4.67. The molecule has 1 aromatic carbocycles. The number of nitrogens with one attached hydrogen (secondary N) is 1. The Morgan fingerprint density at radius 1 is 1.43 bits per heavy atom. The zero-order chi connectivity index (χ0) is 15.6. The van der Waals surface area contributed by atoms with Crippen LogP contribution in [0.3, 0.4) is 0 Å². The average Bonchev–Trinajstić information content (AvgIpc) is 2.74. The fourth-order valence-corrected chi connectivity index (χ4v) is 3.71. The van der Waals surface area contributed by atoms with Crippen LogP contribution in [0.2, 0.25) is 0 Å². The number of hydrogen-bond acceptors (Lipinski definition) is 5. The van der Waals surface area contributed by atoms with Gasteiger partial charge in [0.25, 0.3) is 5.91 Å². The number of amides is 1. The third kappa shape index (κ3) is 3.90. The van der Waals surface area contributed by atoms with Crippen molar-refractivity contribution in [3.8, 4) is 5.75 Å². The largest absolute Gasteiger partial charge is 0.506 e. The SMILES string of the molecule is Cc1nc(C)c(C(=O)NN=Cc2cc(Br)cc(Br)c2O)s1. The molecule has 5 nitrogen and oxygen atoms in total. The van der Waals surface area contributed by atoms with Crippen molar-refractivity contribution in [2.45, 2.75) is 13.8 Å². The number of phenolic OH excluding ortho intramolecular Hbond substituents is 1. The number of rotatable bonds is 3. The quantitative estimate of drug-likeness (QED) is 0.572. The van der Waals surface area contributed by atoms with Gasteiger partial charge in [-0.1, -0.05) is 15.9 Å². The molecule has 0 spiro atoms. The van der Waals surface area contributed by atoms with Gasteiger partial charge in [-0.05, 0) is 41.9 Å². The van der Waals surface area contributed by atoms with Crippen molar-refractivity contribution < 1.29 is 9.90 Å². The summed E-state index contributed by atoms with van der Waals surface area (Å²) in [5.41, 5.74) is 3.59. The van der Waals surface area contributed by atoms with Crippen molar-refractivity contribution in [1.82, 2.24) is 10.4 Å². The summed E-state index contributed by atoms with van der Waals surface area (Å²) in [5.74, 6) is -0.260. The summed E-state index contributed by atoms with van der Waals surface area (Å²) in [5, 5.41) is 14.6. The summed E-state index contributed by atoms with van der Waals surface area (Å²) < 4.78 is 1.33. The highest BCUT2D eigenvalue weighted by atomic mass is 79.9. The second-order valence-electron chi connectivity index (χ2n) is 4.17. The smallest absolute Gasteiger partial charge is 0.283 e. The van der Waals surface area contributed by atoms with Gasteiger partial charge in [0.15, 0.2) is 0 Å². The number of halogens is 2. The van der Waals surface area contributed by atoms with E-state index in [-0.39, 0.29) is 11.7 Å². The molecule has 0 fully saturated rings. The van der Waals surface area contributed by atoms with Gasteiger partial charge >= 0.3 is 0 Å². The maximum Gasteiger partial charge on any atom is 0.283 e. The molecule has 0 aliphatic rings. The summed E-state index contributed by atoms with van der Waals surface area (Å²) in [7, 11) is 0. The number of hydrogen-bond donors (Lipinski definition) is 2. The lowest BCUT2D eigenvalue weighted by Crippen LogP contribution is -2.17. The van der Waals surface area contributed by atoms with Gasteiger partial charge in [-0.15, -0.1) is 11.3 Å². The molecule has 0 aliphatic heterocycles. The van der Waals surface area contributed by atoms with Gasteiger partial charge in [0.1, 0.15) is 10.6 Å². The van der Waals surface area contributed by atoms with Gasteiger partial charge in [0, 0.05) is 10.0 Å². The van der Waals surface area contributed by atoms with Crippen LogP contribution in [-0.2, 0) is 0 Å². The van der Waals surface area contributed by atoms with E-state index in [0.29, 0.717) is 20.6 Å². The summed E-state index contributed by atoms with van der Waals surface area (Å²) >= 11 is 7.87. The lowest BCUT2D eigenvalue weighted by Gasteiger charge is -2.03. The third-order valence-electron chi connectivity index (χ3n) is 2.54. The van der Waals surface area contributed by atoms with Gasteiger partial charge < -0.3 is 5.11 Å². The minimum absolute atomic E-state index is 0.0565. The number of carbonyl (C=O) groups is 1. The Morgan fingerprint density at radius 2 is 2.14 bits per heavy atom. The maximum absolute atomic E-state index is 12.0. The van der Waals surface area contributed by atoms with Gasteiger partial charge in [0.2, 0.25) is 0 Å². The molecule has 0 radical (unpaired) electrons. The minimum Gasteiger partial charge on any atom is -0.506 e. The molecule has 8 heteroatoms. The Kier molecular flexibility index (Phi) is 5.13. The topological polar surface area (TPSA) is 74.6 Å². The van der Waals surface area contributed by atoms with Gasteiger partial charge in [-0.2, -0.15) is 5.10 Å². The molecule has 1 amide bonds. The minimum atomic E-state index is -0.317. The van der Waals surface area contributed by atoms with Crippen LogP contribution in [0.5, 0.6) is 5.75 Å². The Labute approximate surface area is 142 Å². The first-order valence-electron chi connectivity index (χ1n) is 5.84. The molecule has 0 saturated heterocycles. The van der Waals surface area contributed by atoms with Crippen LogP contribution in [0, 0.1) is 13.8 Å². The van der Waals surface area contributed by atoms with Crippen molar-refractivity contribution in [2.24, 2.45) is 5.10 Å². The summed E-state index contributed by atoms with van der Waals surface area (Å²) in [6, 6.07) is 3.41. The molecule has 1 aromatic heterocycles. The molecular formula is C13H11Br2N3O2S. The van der Waals surface area contributed by atoms with E-state index in [0.717, 1.165) is 9.48 Å². The van der Waals surface area contributed by atoms with Crippen molar-refractivity contribution in [3.05, 3.63) is 42.2 Å². The first-order valence-corrected chi connectivity index (χ1v) is 8.24. The molecule has 0 aliphatic carbocycles. The molecule has 0 unspecified atom stereocenters. The fraction of sp³-hybridized carbons (Fsp3) is 0.154. The number of phenols is 1. The number of nitrogens with zero attached hydrogens (tertiary/aromatic N) is 2. The summed E-state index contributed by atoms with van der Waals surface area (Å²) in [4.78, 5) is 16.7. The predicted molar refractivity (Wildman–Crippen MR) is 90.2 cm³/mol. The zero-order valence-electron chi connectivity index (χ0n) is 11.1. The number of aromatic hydroxyl groups is 1. The Balaban J connectivity index is 2.13. The van der Waals surface area contributed by atoms with E-state index < -0.39 is 0 Å². The van der Waals surface area contributed by atoms with Crippen LogP contribution in [0.4, 0.5) is 0 Å². The van der Waals surface area contributed by atoms with Crippen molar-refractivity contribution in [3.63, 3.8) is 0 Å². The second-order valence-corrected chi connectivity index (χ2v) is 7.15. The van der Waals surface area contributed by atoms with Gasteiger partial charge in [0.05, 0.1) is 21.4 Å². The van der Waals surface area contributed by atoms with Crippen LogP contribution in [0.25, 0.3) is 0 Å². The number of aromatic nitrogens is 1. The van der Waals surface area contributed by atoms with Crippen LogP contribution in [0.1, 0.15) is 25.9 Å². The zero-order valence-corrected chi connectivity index (χ0v) is 15.1. The van der Waals surface area contributed by atoms with E-state index in [1.165, 1.54) is 17.6 Å². The monoisotopic (exact) mass is 431 g/mol. The maximum atomic E-state index is 12.0. The number of benzene rings is 1. The number of thiazole rings is 1. The number of hydrazone groups is 1. The lowest BCUT2D eigenvalue weighted by atomic mass is 10.2. The molecule has 2 N–H and O–H groups in total.